The Kier molecular flexibility index (Phi) is 3.29. The fourth-order valence-corrected chi connectivity index (χ4v) is 2.81. The Bertz CT molecular complexity index is 765. The first kappa shape index (κ1) is 13.5. The van der Waals surface area contributed by atoms with Gasteiger partial charge in [0.2, 0.25) is 5.69 Å². The Morgan fingerprint density at radius 3 is 2.38 bits per heavy atom. The molecule has 0 aliphatic rings. The Hall–Kier alpha value is -2.49. The maximum Gasteiger partial charge on any atom is 0.216 e. The van der Waals surface area contributed by atoms with Crippen molar-refractivity contribution in [3.05, 3.63) is 59.4 Å². The zero-order valence-corrected chi connectivity index (χ0v) is 12.8. The highest BCUT2D eigenvalue weighted by atomic mass is 15.5. The molecular formula is C17H19N4+. The molecule has 106 valence electrons. The molecule has 0 aliphatic carbocycles. The minimum Gasteiger partial charge on any atom is -0.252 e. The maximum atomic E-state index is 4.60. The van der Waals surface area contributed by atoms with Crippen LogP contribution in [0.1, 0.15) is 16.7 Å². The standard InChI is InChI=1S/C17H19N4/c1-12-9-13(2)17(14(3)10-12)21-11-16(20(4)19-21)15-7-5-6-8-18-15/h5-11H,1-4H3/q+1. The second-order valence-corrected chi connectivity index (χ2v) is 5.43. The van der Waals surface area contributed by atoms with Crippen molar-refractivity contribution >= 4 is 0 Å². The van der Waals surface area contributed by atoms with Crippen LogP contribution in [0.15, 0.2) is 42.7 Å². The first-order chi connectivity index (χ1) is 10.1. The van der Waals surface area contributed by atoms with Gasteiger partial charge in [-0.15, -0.1) is 9.36 Å². The summed E-state index contributed by atoms with van der Waals surface area (Å²) in [6, 6.07) is 10.3. The van der Waals surface area contributed by atoms with E-state index in [2.05, 4.69) is 43.1 Å². The first-order valence-corrected chi connectivity index (χ1v) is 7.02. The number of rotatable bonds is 2. The molecule has 0 unspecified atom stereocenters. The van der Waals surface area contributed by atoms with Crippen molar-refractivity contribution < 1.29 is 4.68 Å². The molecule has 1 aromatic carbocycles. The van der Waals surface area contributed by atoms with E-state index < -0.39 is 0 Å². The number of hydrogen-bond acceptors (Lipinski definition) is 2. The summed E-state index contributed by atoms with van der Waals surface area (Å²) in [6.45, 7) is 6.36. The third-order valence-electron chi connectivity index (χ3n) is 3.62. The maximum absolute atomic E-state index is 4.60. The minimum absolute atomic E-state index is 0.925. The van der Waals surface area contributed by atoms with Gasteiger partial charge >= 0.3 is 0 Å². The van der Waals surface area contributed by atoms with E-state index in [-0.39, 0.29) is 0 Å². The monoisotopic (exact) mass is 279 g/mol. The van der Waals surface area contributed by atoms with Crippen LogP contribution in [0.3, 0.4) is 0 Å². The number of aryl methyl sites for hydroxylation is 4. The summed E-state index contributed by atoms with van der Waals surface area (Å²) in [5.74, 6) is 0. The summed E-state index contributed by atoms with van der Waals surface area (Å²) in [7, 11) is 1.94. The predicted molar refractivity (Wildman–Crippen MR) is 82.2 cm³/mol. The van der Waals surface area contributed by atoms with Gasteiger partial charge < -0.3 is 0 Å². The number of benzene rings is 1. The predicted octanol–water partition coefficient (Wildman–Crippen LogP) is 2.68. The van der Waals surface area contributed by atoms with E-state index in [4.69, 9.17) is 0 Å². The molecular weight excluding hydrogens is 260 g/mol. The van der Waals surface area contributed by atoms with E-state index in [0.29, 0.717) is 0 Å². The number of aromatic nitrogens is 4. The van der Waals surface area contributed by atoms with Gasteiger partial charge in [0, 0.05) is 6.20 Å². The third-order valence-corrected chi connectivity index (χ3v) is 3.62. The minimum atomic E-state index is 0.925. The van der Waals surface area contributed by atoms with Crippen LogP contribution >= 0.6 is 0 Å². The van der Waals surface area contributed by atoms with Crippen molar-refractivity contribution in [3.8, 4) is 17.1 Å². The lowest BCUT2D eigenvalue weighted by atomic mass is 10.1. The van der Waals surface area contributed by atoms with Gasteiger partial charge in [0.05, 0.1) is 5.21 Å². The molecule has 2 aromatic heterocycles. The van der Waals surface area contributed by atoms with Gasteiger partial charge in [-0.25, -0.2) is 0 Å². The van der Waals surface area contributed by atoms with E-state index in [9.17, 15) is 0 Å². The topological polar surface area (TPSA) is 34.6 Å². The molecule has 3 aromatic rings. The van der Waals surface area contributed by atoms with Gasteiger partial charge in [0.1, 0.15) is 12.7 Å². The van der Waals surface area contributed by atoms with Crippen LogP contribution < -0.4 is 4.68 Å². The summed E-state index contributed by atoms with van der Waals surface area (Å²) in [5.41, 5.74) is 6.78. The van der Waals surface area contributed by atoms with Gasteiger partial charge in [0.25, 0.3) is 0 Å². The molecule has 0 bridgehead atoms. The summed E-state index contributed by atoms with van der Waals surface area (Å²) < 4.78 is 3.80. The average Bonchev–Trinajstić information content (AvgIpc) is 2.80. The molecule has 0 N–H and O–H groups in total. The normalized spacial score (nSPS) is 10.9. The zero-order valence-electron chi connectivity index (χ0n) is 12.8. The fourth-order valence-electron chi connectivity index (χ4n) is 2.81. The lowest BCUT2D eigenvalue weighted by Gasteiger charge is -2.05. The zero-order chi connectivity index (χ0) is 15.0. The number of nitrogens with zero attached hydrogens (tertiary/aromatic N) is 4. The second-order valence-electron chi connectivity index (χ2n) is 5.43. The molecule has 2 heterocycles. The average molecular weight is 279 g/mol. The van der Waals surface area contributed by atoms with Crippen molar-refractivity contribution in [1.82, 2.24) is 14.9 Å². The summed E-state index contributed by atoms with van der Waals surface area (Å²) >= 11 is 0. The summed E-state index contributed by atoms with van der Waals surface area (Å²) in [6.07, 6.45) is 3.84. The molecule has 21 heavy (non-hydrogen) atoms. The van der Waals surface area contributed by atoms with E-state index in [1.165, 1.54) is 16.7 Å². The molecule has 0 spiro atoms. The van der Waals surface area contributed by atoms with Gasteiger partial charge in [-0.3, -0.25) is 4.98 Å². The lowest BCUT2D eigenvalue weighted by Crippen LogP contribution is -2.35. The fraction of sp³-hybridized carbons (Fsp3) is 0.235. The molecule has 0 saturated heterocycles. The van der Waals surface area contributed by atoms with Crippen LogP contribution in [0.4, 0.5) is 0 Å². The van der Waals surface area contributed by atoms with Crippen molar-refractivity contribution in [1.29, 1.82) is 0 Å². The quantitative estimate of drug-likeness (QED) is 0.676. The van der Waals surface area contributed by atoms with Crippen LogP contribution in [-0.2, 0) is 7.05 Å². The van der Waals surface area contributed by atoms with Crippen LogP contribution in [0, 0.1) is 20.8 Å². The van der Waals surface area contributed by atoms with Gasteiger partial charge in [0.15, 0.2) is 11.9 Å². The highest BCUT2D eigenvalue weighted by Gasteiger charge is 2.19. The molecule has 0 saturated carbocycles. The molecule has 0 aliphatic heterocycles. The Balaban J connectivity index is 2.14. The van der Waals surface area contributed by atoms with Crippen molar-refractivity contribution in [2.75, 3.05) is 0 Å². The van der Waals surface area contributed by atoms with Crippen LogP contribution in [0.25, 0.3) is 17.1 Å². The van der Waals surface area contributed by atoms with E-state index in [0.717, 1.165) is 17.1 Å². The molecule has 4 heteroatoms. The molecule has 4 nitrogen and oxygen atoms in total. The van der Waals surface area contributed by atoms with Gasteiger partial charge in [-0.05, 0) is 44.0 Å². The van der Waals surface area contributed by atoms with Crippen LogP contribution in [0.2, 0.25) is 0 Å². The van der Waals surface area contributed by atoms with Gasteiger partial charge in [-0.2, -0.15) is 0 Å². The molecule has 0 fully saturated rings. The lowest BCUT2D eigenvalue weighted by molar-refractivity contribution is -0.662. The molecule has 0 amide bonds. The highest BCUT2D eigenvalue weighted by molar-refractivity contribution is 5.52. The van der Waals surface area contributed by atoms with Crippen molar-refractivity contribution in [2.24, 2.45) is 7.05 Å². The Labute approximate surface area is 124 Å². The number of pyridine rings is 1. The Morgan fingerprint density at radius 1 is 1.05 bits per heavy atom. The number of hydrogen-bond donors (Lipinski definition) is 0. The smallest absolute Gasteiger partial charge is 0.216 e. The van der Waals surface area contributed by atoms with E-state index in [1.54, 1.807) is 6.20 Å². The third kappa shape index (κ3) is 2.44. The molecule has 3 rings (SSSR count). The summed E-state index contributed by atoms with van der Waals surface area (Å²) in [5, 5.41) is 4.60. The highest BCUT2D eigenvalue weighted by Crippen LogP contribution is 2.18. The largest absolute Gasteiger partial charge is 0.252 e. The van der Waals surface area contributed by atoms with Crippen molar-refractivity contribution in [3.63, 3.8) is 0 Å². The van der Waals surface area contributed by atoms with Crippen LogP contribution in [0.5, 0.6) is 0 Å². The van der Waals surface area contributed by atoms with Crippen LogP contribution in [-0.4, -0.2) is 14.9 Å². The summed E-state index contributed by atoms with van der Waals surface area (Å²) in [4.78, 5) is 4.40. The second kappa shape index (κ2) is 5.13. The van der Waals surface area contributed by atoms with Crippen molar-refractivity contribution in [2.45, 2.75) is 20.8 Å². The molecule has 0 radical (unpaired) electrons. The Morgan fingerprint density at radius 2 is 1.76 bits per heavy atom. The van der Waals surface area contributed by atoms with E-state index >= 15 is 0 Å². The molecule has 0 atom stereocenters. The first-order valence-electron chi connectivity index (χ1n) is 7.02. The SMILES string of the molecule is Cc1cc(C)c(-[n+]2cc(-c3ccccn3)n(C)n2)c(C)c1. The van der Waals surface area contributed by atoms with Gasteiger partial charge in [-0.1, -0.05) is 23.8 Å². The van der Waals surface area contributed by atoms with E-state index in [1.807, 2.05) is 40.8 Å².